The van der Waals surface area contributed by atoms with Crippen molar-refractivity contribution in [1.29, 1.82) is 0 Å². The largest absolute Gasteiger partial charge is 0.493 e. The average Bonchev–Trinajstić information content (AvgIpc) is 2.58. The lowest BCUT2D eigenvalue weighted by Gasteiger charge is -2.12. The molecule has 1 N–H and O–H groups in total. The number of halogens is 1. The van der Waals surface area contributed by atoms with Gasteiger partial charge in [-0.3, -0.25) is 4.79 Å². The van der Waals surface area contributed by atoms with Gasteiger partial charge in [-0.1, -0.05) is 54.8 Å². The molecule has 0 saturated carbocycles. The number of carbonyl (C=O) groups is 1. The summed E-state index contributed by atoms with van der Waals surface area (Å²) in [7, 11) is 0. The molecular weight excluding hydrogens is 322 g/mol. The first kappa shape index (κ1) is 18.3. The summed E-state index contributed by atoms with van der Waals surface area (Å²) in [6.45, 7) is 5.33. The fourth-order valence-electron chi connectivity index (χ4n) is 2.30. The monoisotopic (exact) mass is 345 g/mol. The topological polar surface area (TPSA) is 38.3 Å². The zero-order valence-corrected chi connectivity index (χ0v) is 15.0. The van der Waals surface area contributed by atoms with Gasteiger partial charge in [-0.2, -0.15) is 0 Å². The van der Waals surface area contributed by atoms with E-state index in [1.165, 1.54) is 11.1 Å². The van der Waals surface area contributed by atoms with E-state index in [0.717, 1.165) is 19.3 Å². The number of ether oxygens (including phenoxy) is 1. The van der Waals surface area contributed by atoms with Gasteiger partial charge >= 0.3 is 0 Å². The first-order valence-corrected chi connectivity index (χ1v) is 8.74. The van der Waals surface area contributed by atoms with E-state index in [-0.39, 0.29) is 5.91 Å². The first-order valence-electron chi connectivity index (χ1n) is 8.36. The number of nitrogens with one attached hydrogen (secondary N) is 1. The fraction of sp³-hybridized carbons (Fsp3) is 0.350. The molecule has 1 amide bonds. The zero-order chi connectivity index (χ0) is 17.4. The van der Waals surface area contributed by atoms with Crippen LogP contribution in [0.25, 0.3) is 0 Å². The molecule has 0 aliphatic carbocycles. The Hall–Kier alpha value is -2.00. The van der Waals surface area contributed by atoms with Crippen LogP contribution in [0.4, 0.5) is 0 Å². The summed E-state index contributed by atoms with van der Waals surface area (Å²) in [6, 6.07) is 13.5. The number of carbonyl (C=O) groups excluding carboxylic acids is 1. The molecule has 0 saturated heterocycles. The molecule has 0 bridgehead atoms. The van der Waals surface area contributed by atoms with Gasteiger partial charge in [0.25, 0.3) is 5.91 Å². The molecule has 0 aliphatic heterocycles. The molecule has 0 atom stereocenters. The van der Waals surface area contributed by atoms with Gasteiger partial charge in [-0.15, -0.1) is 0 Å². The van der Waals surface area contributed by atoms with Crippen LogP contribution in [0.15, 0.2) is 42.5 Å². The standard InChI is InChI=1S/C20H24ClNO2/c1-3-4-13-24-19-10-9-17(21)14-18(19)20(23)22-12-11-16-7-5-15(2)6-8-16/h5-10,14H,3-4,11-13H2,1-2H3,(H,22,23). The van der Waals surface area contributed by atoms with Crippen LogP contribution in [0.5, 0.6) is 5.75 Å². The van der Waals surface area contributed by atoms with E-state index in [1.54, 1.807) is 18.2 Å². The van der Waals surface area contributed by atoms with Crippen molar-refractivity contribution < 1.29 is 9.53 Å². The summed E-state index contributed by atoms with van der Waals surface area (Å²) < 4.78 is 5.71. The van der Waals surface area contributed by atoms with Crippen LogP contribution in [-0.4, -0.2) is 19.1 Å². The fourth-order valence-corrected chi connectivity index (χ4v) is 2.47. The molecule has 4 heteroatoms. The van der Waals surface area contributed by atoms with Gasteiger partial charge in [-0.25, -0.2) is 0 Å². The summed E-state index contributed by atoms with van der Waals surface area (Å²) in [5.41, 5.74) is 2.92. The molecule has 128 valence electrons. The van der Waals surface area contributed by atoms with Crippen molar-refractivity contribution in [2.45, 2.75) is 33.1 Å². The van der Waals surface area contributed by atoms with Crippen LogP contribution in [-0.2, 0) is 6.42 Å². The Labute approximate surface area is 149 Å². The summed E-state index contributed by atoms with van der Waals surface area (Å²) in [5.74, 6) is 0.428. The number of hydrogen-bond acceptors (Lipinski definition) is 2. The van der Waals surface area contributed by atoms with Gasteiger partial charge < -0.3 is 10.1 Å². The van der Waals surface area contributed by atoms with Crippen LogP contribution in [0.2, 0.25) is 5.02 Å². The maximum atomic E-state index is 12.4. The molecule has 0 spiro atoms. The van der Waals surface area contributed by atoms with E-state index in [0.29, 0.717) is 29.5 Å². The van der Waals surface area contributed by atoms with Crippen molar-refractivity contribution in [1.82, 2.24) is 5.32 Å². The van der Waals surface area contributed by atoms with E-state index in [2.05, 4.69) is 43.4 Å². The molecular formula is C20H24ClNO2. The third-order valence-electron chi connectivity index (χ3n) is 3.76. The van der Waals surface area contributed by atoms with Crippen molar-refractivity contribution in [3.8, 4) is 5.75 Å². The molecule has 24 heavy (non-hydrogen) atoms. The molecule has 2 aromatic rings. The van der Waals surface area contributed by atoms with Crippen LogP contribution in [0.1, 0.15) is 41.3 Å². The van der Waals surface area contributed by atoms with Crippen molar-refractivity contribution >= 4 is 17.5 Å². The molecule has 2 rings (SSSR count). The van der Waals surface area contributed by atoms with Crippen molar-refractivity contribution in [3.05, 3.63) is 64.2 Å². The average molecular weight is 346 g/mol. The molecule has 2 aromatic carbocycles. The SMILES string of the molecule is CCCCOc1ccc(Cl)cc1C(=O)NCCc1ccc(C)cc1. The number of unbranched alkanes of at least 4 members (excludes halogenated alkanes) is 1. The Morgan fingerprint density at radius 3 is 2.62 bits per heavy atom. The Morgan fingerprint density at radius 2 is 1.92 bits per heavy atom. The van der Waals surface area contributed by atoms with Gasteiger partial charge in [0, 0.05) is 11.6 Å². The molecule has 0 heterocycles. The quantitative estimate of drug-likeness (QED) is 0.698. The second-order valence-electron chi connectivity index (χ2n) is 5.83. The lowest BCUT2D eigenvalue weighted by Crippen LogP contribution is -2.26. The third kappa shape index (κ3) is 5.57. The predicted octanol–water partition coefficient (Wildman–Crippen LogP) is 4.80. The number of aryl methyl sites for hydroxylation is 1. The van der Waals surface area contributed by atoms with E-state index in [4.69, 9.17) is 16.3 Å². The lowest BCUT2D eigenvalue weighted by molar-refractivity contribution is 0.0950. The molecule has 0 radical (unpaired) electrons. The molecule has 3 nitrogen and oxygen atoms in total. The van der Waals surface area contributed by atoms with Crippen LogP contribution < -0.4 is 10.1 Å². The summed E-state index contributed by atoms with van der Waals surface area (Å²) in [4.78, 5) is 12.4. The van der Waals surface area contributed by atoms with E-state index >= 15 is 0 Å². The maximum absolute atomic E-state index is 12.4. The van der Waals surface area contributed by atoms with E-state index in [1.807, 2.05) is 0 Å². The minimum absolute atomic E-state index is 0.156. The number of hydrogen-bond donors (Lipinski definition) is 1. The van der Waals surface area contributed by atoms with Crippen molar-refractivity contribution in [2.24, 2.45) is 0 Å². The second-order valence-corrected chi connectivity index (χ2v) is 6.27. The van der Waals surface area contributed by atoms with Gasteiger partial charge in [0.2, 0.25) is 0 Å². The molecule has 0 aliphatic rings. The van der Waals surface area contributed by atoms with E-state index in [9.17, 15) is 4.79 Å². The maximum Gasteiger partial charge on any atom is 0.255 e. The normalized spacial score (nSPS) is 10.5. The number of benzene rings is 2. The number of amides is 1. The van der Waals surface area contributed by atoms with Crippen molar-refractivity contribution in [2.75, 3.05) is 13.2 Å². The highest BCUT2D eigenvalue weighted by molar-refractivity contribution is 6.31. The summed E-state index contributed by atoms with van der Waals surface area (Å²) in [5, 5.41) is 3.47. The minimum Gasteiger partial charge on any atom is -0.493 e. The zero-order valence-electron chi connectivity index (χ0n) is 14.3. The highest BCUT2D eigenvalue weighted by Crippen LogP contribution is 2.23. The smallest absolute Gasteiger partial charge is 0.255 e. The second kappa shape index (κ2) is 9.33. The lowest BCUT2D eigenvalue weighted by atomic mass is 10.1. The predicted molar refractivity (Wildman–Crippen MR) is 99.1 cm³/mol. The Balaban J connectivity index is 1.95. The minimum atomic E-state index is -0.156. The van der Waals surface area contributed by atoms with Crippen LogP contribution in [0, 0.1) is 6.92 Å². The molecule has 0 aromatic heterocycles. The Kier molecular flexibility index (Phi) is 7.13. The van der Waals surface area contributed by atoms with Crippen molar-refractivity contribution in [3.63, 3.8) is 0 Å². The number of rotatable bonds is 8. The van der Waals surface area contributed by atoms with Crippen LogP contribution >= 0.6 is 11.6 Å². The third-order valence-corrected chi connectivity index (χ3v) is 4.00. The van der Waals surface area contributed by atoms with Gasteiger partial charge in [0.05, 0.1) is 12.2 Å². The summed E-state index contributed by atoms with van der Waals surface area (Å²) >= 11 is 6.03. The molecule has 0 unspecified atom stereocenters. The highest BCUT2D eigenvalue weighted by atomic mass is 35.5. The van der Waals surface area contributed by atoms with Gasteiger partial charge in [0.1, 0.15) is 5.75 Å². The molecule has 0 fully saturated rings. The highest BCUT2D eigenvalue weighted by Gasteiger charge is 2.13. The Morgan fingerprint density at radius 1 is 1.17 bits per heavy atom. The van der Waals surface area contributed by atoms with E-state index < -0.39 is 0 Å². The Bertz CT molecular complexity index is 668. The van der Waals surface area contributed by atoms with Gasteiger partial charge in [0.15, 0.2) is 0 Å². The van der Waals surface area contributed by atoms with Crippen LogP contribution in [0.3, 0.4) is 0 Å². The van der Waals surface area contributed by atoms with Gasteiger partial charge in [-0.05, 0) is 43.5 Å². The first-order chi connectivity index (χ1) is 11.6. The summed E-state index contributed by atoms with van der Waals surface area (Å²) in [6.07, 6.45) is 2.79.